The van der Waals surface area contributed by atoms with Crippen molar-refractivity contribution in [3.05, 3.63) is 11.6 Å². The van der Waals surface area contributed by atoms with Crippen molar-refractivity contribution < 1.29 is 15.0 Å². The Kier molecular flexibility index (Phi) is 12.4. The van der Waals surface area contributed by atoms with E-state index in [1.165, 1.54) is 12.0 Å². The van der Waals surface area contributed by atoms with Crippen LogP contribution in [0.3, 0.4) is 0 Å². The number of rotatable bonds is 5. The van der Waals surface area contributed by atoms with Crippen LogP contribution in [0.1, 0.15) is 47.0 Å². The van der Waals surface area contributed by atoms with Crippen molar-refractivity contribution in [1.82, 2.24) is 0 Å². The Bertz CT molecular complexity index is 177. The summed E-state index contributed by atoms with van der Waals surface area (Å²) in [6.45, 7) is 7.85. The van der Waals surface area contributed by atoms with E-state index < -0.39 is 5.97 Å². The Morgan fingerprint density at radius 1 is 1.27 bits per heavy atom. The van der Waals surface area contributed by atoms with E-state index in [0.29, 0.717) is 12.5 Å². The molecule has 0 unspecified atom stereocenters. The Morgan fingerprint density at radius 2 is 1.73 bits per heavy atom. The largest absolute Gasteiger partial charge is 0.481 e. The third kappa shape index (κ3) is 24.6. The van der Waals surface area contributed by atoms with Crippen LogP contribution in [0.15, 0.2) is 11.6 Å². The normalized spacial score (nSPS) is 11.0. The van der Waals surface area contributed by atoms with Crippen LogP contribution < -0.4 is 0 Å². The molecule has 0 aliphatic carbocycles. The molecule has 0 fully saturated rings. The van der Waals surface area contributed by atoms with Crippen LogP contribution >= 0.6 is 0 Å². The molecule has 0 aromatic rings. The molecule has 2 N–H and O–H groups in total. The number of carbonyl (C=O) groups is 1. The number of hydrogen-bond donors (Lipinski definition) is 2. The maximum Gasteiger partial charge on any atom is 0.300 e. The summed E-state index contributed by atoms with van der Waals surface area (Å²) < 4.78 is 0. The quantitative estimate of drug-likeness (QED) is 0.695. The second-order valence-corrected chi connectivity index (χ2v) is 4.00. The van der Waals surface area contributed by atoms with Crippen LogP contribution in [-0.4, -0.2) is 22.8 Å². The second-order valence-electron chi connectivity index (χ2n) is 4.00. The van der Waals surface area contributed by atoms with Gasteiger partial charge in [0, 0.05) is 13.5 Å². The molecule has 0 aliphatic heterocycles. The number of allylic oxidation sites excluding steroid dienone is 2. The van der Waals surface area contributed by atoms with E-state index in [0.717, 1.165) is 19.8 Å². The highest BCUT2D eigenvalue weighted by Gasteiger charge is 1.98. The van der Waals surface area contributed by atoms with E-state index in [4.69, 9.17) is 15.0 Å². The van der Waals surface area contributed by atoms with E-state index in [1.54, 1.807) is 0 Å². The lowest BCUT2D eigenvalue weighted by Crippen LogP contribution is -1.96. The number of hydrogen-bond acceptors (Lipinski definition) is 2. The first-order chi connectivity index (χ1) is 6.90. The van der Waals surface area contributed by atoms with E-state index in [1.807, 2.05) is 0 Å². The predicted octanol–water partition coefficient (Wildman–Crippen LogP) is 2.84. The highest BCUT2D eigenvalue weighted by atomic mass is 16.4. The number of aliphatic hydroxyl groups excluding tert-OH is 1. The number of carboxylic acids is 1. The molecule has 0 amide bonds. The lowest BCUT2D eigenvalue weighted by Gasteiger charge is -2.06. The Hall–Kier alpha value is -0.830. The summed E-state index contributed by atoms with van der Waals surface area (Å²) in [6, 6.07) is 0. The molecule has 0 aliphatic rings. The first kappa shape index (κ1) is 16.6. The molecule has 15 heavy (non-hydrogen) atoms. The molecule has 90 valence electrons. The number of carboxylic acid groups (broad SMARTS) is 1. The zero-order chi connectivity index (χ0) is 12.3. The molecule has 0 aromatic heterocycles. The average Bonchev–Trinajstić information content (AvgIpc) is 2.02. The van der Waals surface area contributed by atoms with Crippen molar-refractivity contribution in [3.63, 3.8) is 0 Å². The second kappa shape index (κ2) is 11.2. The maximum absolute atomic E-state index is 9.00. The summed E-state index contributed by atoms with van der Waals surface area (Å²) in [5.74, 6) is -0.171. The lowest BCUT2D eigenvalue weighted by atomic mass is 10.0. The van der Waals surface area contributed by atoms with Crippen LogP contribution in [0, 0.1) is 5.92 Å². The zero-order valence-electron chi connectivity index (χ0n) is 10.3. The summed E-state index contributed by atoms with van der Waals surface area (Å²) in [5.41, 5.74) is 1.39. The first-order valence-corrected chi connectivity index (χ1v) is 5.33. The molecule has 0 radical (unpaired) electrons. The van der Waals surface area contributed by atoms with Gasteiger partial charge in [0.15, 0.2) is 0 Å². The standard InChI is InChI=1S/C10H20O.C2H4O2/c1-9(2)5-4-6-10(3)7-8-11;1-2(3)4/h5,10-11H,4,6-8H2,1-3H3;1H3,(H,3,4)/t10-;/m0./s1. The Balaban J connectivity index is 0. The topological polar surface area (TPSA) is 57.5 Å². The molecule has 3 heteroatoms. The minimum absolute atomic E-state index is 0.329. The highest BCUT2D eigenvalue weighted by Crippen LogP contribution is 2.10. The van der Waals surface area contributed by atoms with Gasteiger partial charge in [-0.15, -0.1) is 0 Å². The fourth-order valence-corrected chi connectivity index (χ4v) is 1.02. The fraction of sp³-hybridized carbons (Fsp3) is 0.750. The van der Waals surface area contributed by atoms with E-state index in [9.17, 15) is 0 Å². The Morgan fingerprint density at radius 3 is 2.07 bits per heavy atom. The number of aliphatic carboxylic acids is 1. The molecule has 1 atom stereocenters. The van der Waals surface area contributed by atoms with Crippen LogP contribution in [-0.2, 0) is 4.79 Å². The third-order valence-corrected chi connectivity index (χ3v) is 1.83. The van der Waals surface area contributed by atoms with Crippen LogP contribution in [0.5, 0.6) is 0 Å². The van der Waals surface area contributed by atoms with Gasteiger partial charge >= 0.3 is 0 Å². The van der Waals surface area contributed by atoms with Crippen LogP contribution in [0.2, 0.25) is 0 Å². The van der Waals surface area contributed by atoms with Gasteiger partial charge in [-0.25, -0.2) is 0 Å². The van der Waals surface area contributed by atoms with Gasteiger partial charge in [0.25, 0.3) is 5.97 Å². The molecule has 0 heterocycles. The summed E-state index contributed by atoms with van der Waals surface area (Å²) in [5, 5.41) is 16.0. The van der Waals surface area contributed by atoms with Gasteiger partial charge in [-0.3, -0.25) is 4.79 Å². The minimum Gasteiger partial charge on any atom is -0.481 e. The van der Waals surface area contributed by atoms with Crippen LogP contribution in [0.25, 0.3) is 0 Å². The summed E-state index contributed by atoms with van der Waals surface area (Å²) >= 11 is 0. The van der Waals surface area contributed by atoms with Crippen molar-refractivity contribution in [2.75, 3.05) is 6.61 Å². The molecular weight excluding hydrogens is 192 g/mol. The average molecular weight is 216 g/mol. The maximum atomic E-state index is 9.00. The van der Waals surface area contributed by atoms with Crippen molar-refractivity contribution >= 4 is 5.97 Å². The van der Waals surface area contributed by atoms with Gasteiger partial charge in [-0.2, -0.15) is 0 Å². The monoisotopic (exact) mass is 216 g/mol. The minimum atomic E-state index is -0.833. The third-order valence-electron chi connectivity index (χ3n) is 1.83. The van der Waals surface area contributed by atoms with Crippen molar-refractivity contribution in [1.29, 1.82) is 0 Å². The fourth-order valence-electron chi connectivity index (χ4n) is 1.02. The zero-order valence-corrected chi connectivity index (χ0v) is 10.3. The van der Waals surface area contributed by atoms with Gasteiger partial charge in [-0.1, -0.05) is 18.6 Å². The SMILES string of the molecule is CC(=O)O.CC(C)=CCC[C@H](C)CCO. The highest BCUT2D eigenvalue weighted by molar-refractivity contribution is 5.62. The summed E-state index contributed by atoms with van der Waals surface area (Å²) in [4.78, 5) is 9.00. The Labute approximate surface area is 92.8 Å². The van der Waals surface area contributed by atoms with E-state index in [2.05, 4.69) is 26.8 Å². The molecule has 0 saturated heterocycles. The summed E-state index contributed by atoms with van der Waals surface area (Å²) in [7, 11) is 0. The predicted molar refractivity (Wildman–Crippen MR) is 62.8 cm³/mol. The van der Waals surface area contributed by atoms with E-state index >= 15 is 0 Å². The van der Waals surface area contributed by atoms with Gasteiger partial charge < -0.3 is 10.2 Å². The van der Waals surface area contributed by atoms with Gasteiger partial charge in [0.2, 0.25) is 0 Å². The smallest absolute Gasteiger partial charge is 0.300 e. The molecule has 0 saturated carbocycles. The van der Waals surface area contributed by atoms with Crippen LogP contribution in [0.4, 0.5) is 0 Å². The van der Waals surface area contributed by atoms with Crippen molar-refractivity contribution in [2.24, 2.45) is 5.92 Å². The van der Waals surface area contributed by atoms with Crippen molar-refractivity contribution in [3.8, 4) is 0 Å². The van der Waals surface area contributed by atoms with Gasteiger partial charge in [0.05, 0.1) is 0 Å². The van der Waals surface area contributed by atoms with E-state index in [-0.39, 0.29) is 0 Å². The van der Waals surface area contributed by atoms with Gasteiger partial charge in [0.1, 0.15) is 0 Å². The molecule has 0 rings (SSSR count). The number of aliphatic hydroxyl groups is 1. The molecule has 0 spiro atoms. The van der Waals surface area contributed by atoms with Gasteiger partial charge in [-0.05, 0) is 39.0 Å². The lowest BCUT2D eigenvalue weighted by molar-refractivity contribution is -0.134. The summed E-state index contributed by atoms with van der Waals surface area (Å²) in [6.07, 6.45) is 5.56. The molecular formula is C12H24O3. The first-order valence-electron chi connectivity index (χ1n) is 5.33. The molecule has 0 bridgehead atoms. The van der Waals surface area contributed by atoms with Crippen molar-refractivity contribution in [2.45, 2.75) is 47.0 Å². The molecule has 3 nitrogen and oxygen atoms in total. The molecule has 0 aromatic carbocycles.